The van der Waals surface area contributed by atoms with Gasteiger partial charge in [-0.3, -0.25) is 4.79 Å². The molecule has 0 aromatic carbocycles. The molecule has 6 nitrogen and oxygen atoms in total. The molecule has 1 aromatic rings. The molecule has 0 unspecified atom stereocenters. The average molecular weight is 366 g/mol. The zero-order chi connectivity index (χ0) is 18.6. The second kappa shape index (κ2) is 8.47. The molecule has 7 heteroatoms. The van der Waals surface area contributed by atoms with E-state index < -0.39 is 23.8 Å². The molecular weight excluding hydrogens is 342 g/mol. The summed E-state index contributed by atoms with van der Waals surface area (Å²) in [6.07, 6.45) is 3.28. The molecule has 1 amide bonds. The number of ether oxygens (including phenoxy) is 1. The lowest BCUT2D eigenvalue weighted by Crippen LogP contribution is -2.42. The normalized spacial score (nSPS) is 20.1. The van der Waals surface area contributed by atoms with Crippen molar-refractivity contribution in [2.75, 3.05) is 11.9 Å². The van der Waals surface area contributed by atoms with Gasteiger partial charge in [-0.25, -0.2) is 4.79 Å². The molecule has 25 heavy (non-hydrogen) atoms. The number of amides is 1. The van der Waals surface area contributed by atoms with Gasteiger partial charge in [-0.15, -0.1) is 11.3 Å². The molecule has 0 saturated heterocycles. The highest BCUT2D eigenvalue weighted by Crippen LogP contribution is 2.35. The van der Waals surface area contributed by atoms with Crippen molar-refractivity contribution < 1.29 is 24.2 Å². The molecule has 1 heterocycles. The summed E-state index contributed by atoms with van der Waals surface area (Å²) in [5.74, 6) is -3.40. The van der Waals surface area contributed by atoms with Crippen LogP contribution in [0.4, 0.5) is 5.00 Å². The third-order valence-corrected chi connectivity index (χ3v) is 5.79. The minimum absolute atomic E-state index is 0.315. The van der Waals surface area contributed by atoms with Crippen molar-refractivity contribution >= 4 is 34.2 Å². The molecule has 1 N–H and O–H groups in total. The van der Waals surface area contributed by atoms with E-state index in [4.69, 9.17) is 4.74 Å². The van der Waals surface area contributed by atoms with Crippen LogP contribution in [-0.4, -0.2) is 24.5 Å². The van der Waals surface area contributed by atoms with Crippen molar-refractivity contribution in [1.29, 1.82) is 0 Å². The van der Waals surface area contributed by atoms with Gasteiger partial charge < -0.3 is 20.0 Å². The van der Waals surface area contributed by atoms with E-state index >= 15 is 0 Å². The van der Waals surface area contributed by atoms with Gasteiger partial charge in [0.05, 0.1) is 12.2 Å². The van der Waals surface area contributed by atoms with Gasteiger partial charge in [0.2, 0.25) is 5.91 Å². The predicted octanol–water partition coefficient (Wildman–Crippen LogP) is 2.43. The highest BCUT2D eigenvalue weighted by atomic mass is 32.1. The number of rotatable bonds is 6. The molecule has 1 aliphatic carbocycles. The summed E-state index contributed by atoms with van der Waals surface area (Å²) in [6.45, 7) is 5.91. The van der Waals surface area contributed by atoms with Crippen LogP contribution in [0.2, 0.25) is 0 Å². The SMILES string of the molecule is CCCOC(=O)c1c(NC(=O)[C@H]2CCCC[C@@H]2C(=O)[O-])sc(C)c1C. The zero-order valence-electron chi connectivity index (χ0n) is 14.8. The maximum Gasteiger partial charge on any atom is 0.341 e. The largest absolute Gasteiger partial charge is 0.550 e. The van der Waals surface area contributed by atoms with Gasteiger partial charge in [-0.05, 0) is 38.7 Å². The lowest BCUT2D eigenvalue weighted by molar-refractivity contribution is -0.313. The molecule has 1 fully saturated rings. The monoisotopic (exact) mass is 366 g/mol. The quantitative estimate of drug-likeness (QED) is 0.780. The Kier molecular flexibility index (Phi) is 6.58. The number of hydrogen-bond acceptors (Lipinski definition) is 6. The summed E-state index contributed by atoms with van der Waals surface area (Å²) >= 11 is 1.31. The second-order valence-electron chi connectivity index (χ2n) is 6.43. The van der Waals surface area contributed by atoms with Crippen molar-refractivity contribution in [3.8, 4) is 0 Å². The molecule has 0 bridgehead atoms. The van der Waals surface area contributed by atoms with Crippen molar-refractivity contribution in [1.82, 2.24) is 0 Å². The molecular formula is C18H24NO5S-. The molecule has 2 rings (SSSR count). The number of esters is 1. The smallest absolute Gasteiger partial charge is 0.341 e. The molecule has 0 radical (unpaired) electrons. The van der Waals surface area contributed by atoms with Crippen molar-refractivity contribution in [2.45, 2.75) is 52.9 Å². The van der Waals surface area contributed by atoms with Crippen LogP contribution in [0.5, 0.6) is 0 Å². The van der Waals surface area contributed by atoms with Crippen LogP contribution in [0.15, 0.2) is 0 Å². The Hall–Kier alpha value is -1.89. The van der Waals surface area contributed by atoms with Gasteiger partial charge in [0.25, 0.3) is 0 Å². The Morgan fingerprint density at radius 3 is 2.44 bits per heavy atom. The summed E-state index contributed by atoms with van der Waals surface area (Å²) in [5.41, 5.74) is 1.15. The van der Waals surface area contributed by atoms with Gasteiger partial charge in [0.1, 0.15) is 5.00 Å². The summed E-state index contributed by atoms with van der Waals surface area (Å²) in [7, 11) is 0. The predicted molar refractivity (Wildman–Crippen MR) is 93.5 cm³/mol. The summed E-state index contributed by atoms with van der Waals surface area (Å²) < 4.78 is 5.21. The number of carboxylic acids is 1. The number of aryl methyl sites for hydroxylation is 1. The van der Waals surface area contributed by atoms with Crippen molar-refractivity contribution in [3.05, 3.63) is 16.0 Å². The van der Waals surface area contributed by atoms with Crippen LogP contribution in [0.3, 0.4) is 0 Å². The van der Waals surface area contributed by atoms with Crippen LogP contribution in [0.1, 0.15) is 59.8 Å². The van der Waals surface area contributed by atoms with Crippen LogP contribution in [0.25, 0.3) is 0 Å². The van der Waals surface area contributed by atoms with E-state index in [2.05, 4.69) is 5.32 Å². The summed E-state index contributed by atoms with van der Waals surface area (Å²) in [5, 5.41) is 14.5. The molecule has 1 aromatic heterocycles. The minimum Gasteiger partial charge on any atom is -0.550 e. The van der Waals surface area contributed by atoms with Gasteiger partial charge in [0.15, 0.2) is 0 Å². The summed E-state index contributed by atoms with van der Waals surface area (Å²) in [4.78, 5) is 37.2. The number of carbonyl (C=O) groups excluding carboxylic acids is 3. The molecule has 0 spiro atoms. The first-order chi connectivity index (χ1) is 11.9. The number of anilines is 1. The number of carbonyl (C=O) groups is 3. The van der Waals surface area contributed by atoms with Crippen molar-refractivity contribution in [2.24, 2.45) is 11.8 Å². The Morgan fingerprint density at radius 1 is 1.20 bits per heavy atom. The van der Waals surface area contributed by atoms with Crippen LogP contribution >= 0.6 is 11.3 Å². The fraction of sp³-hybridized carbons (Fsp3) is 0.611. The third kappa shape index (κ3) is 4.39. The molecule has 138 valence electrons. The molecule has 1 aliphatic rings. The number of thiophene rings is 1. The van der Waals surface area contributed by atoms with E-state index in [9.17, 15) is 19.5 Å². The van der Waals surface area contributed by atoms with Crippen molar-refractivity contribution in [3.63, 3.8) is 0 Å². The number of carboxylic acid groups (broad SMARTS) is 1. The number of aliphatic carboxylic acids is 1. The van der Waals surface area contributed by atoms with Gasteiger partial charge in [-0.2, -0.15) is 0 Å². The third-order valence-electron chi connectivity index (χ3n) is 4.67. The van der Waals surface area contributed by atoms with E-state index in [-0.39, 0.29) is 5.91 Å². The highest BCUT2D eigenvalue weighted by Gasteiger charge is 2.33. The maximum absolute atomic E-state index is 12.6. The van der Waals surface area contributed by atoms with Gasteiger partial charge in [0, 0.05) is 22.7 Å². The topological polar surface area (TPSA) is 95.5 Å². The first kappa shape index (κ1) is 19.4. The van der Waals surface area contributed by atoms with Gasteiger partial charge in [-0.1, -0.05) is 19.8 Å². The number of hydrogen-bond donors (Lipinski definition) is 1. The fourth-order valence-corrected chi connectivity index (χ4v) is 4.21. The number of nitrogens with one attached hydrogen (secondary N) is 1. The van der Waals surface area contributed by atoms with Crippen LogP contribution in [-0.2, 0) is 14.3 Å². The standard InChI is InChI=1S/C18H25NO5S/c1-4-9-24-18(23)14-10(2)11(3)25-16(14)19-15(20)12-7-5-6-8-13(12)17(21)22/h12-13H,4-9H2,1-3H3,(H,19,20)(H,21,22)/p-1/t12-,13-/m0/s1. The van der Waals surface area contributed by atoms with E-state index in [1.54, 1.807) is 0 Å². The van der Waals surface area contributed by atoms with Crippen LogP contribution in [0, 0.1) is 25.7 Å². The Labute approximate surface area is 151 Å². The fourth-order valence-electron chi connectivity index (χ4n) is 3.16. The Balaban J connectivity index is 2.21. The Bertz CT molecular complexity index is 667. The van der Waals surface area contributed by atoms with E-state index in [1.165, 1.54) is 11.3 Å². The lowest BCUT2D eigenvalue weighted by atomic mass is 9.79. The second-order valence-corrected chi connectivity index (χ2v) is 7.65. The van der Waals surface area contributed by atoms with E-state index in [1.807, 2.05) is 20.8 Å². The lowest BCUT2D eigenvalue weighted by Gasteiger charge is -2.31. The molecule has 2 atom stereocenters. The first-order valence-corrected chi connectivity index (χ1v) is 9.47. The summed E-state index contributed by atoms with van der Waals surface area (Å²) in [6, 6.07) is 0. The maximum atomic E-state index is 12.6. The van der Waals surface area contributed by atoms with Gasteiger partial charge >= 0.3 is 5.97 Å². The molecule has 0 aliphatic heterocycles. The zero-order valence-corrected chi connectivity index (χ0v) is 15.7. The van der Waals surface area contributed by atoms with E-state index in [0.29, 0.717) is 36.4 Å². The van der Waals surface area contributed by atoms with Crippen LogP contribution < -0.4 is 10.4 Å². The molecule has 1 saturated carbocycles. The minimum atomic E-state index is -1.18. The first-order valence-electron chi connectivity index (χ1n) is 8.65. The highest BCUT2D eigenvalue weighted by molar-refractivity contribution is 7.16. The average Bonchev–Trinajstić information content (AvgIpc) is 2.86. The Morgan fingerprint density at radius 2 is 1.84 bits per heavy atom. The van der Waals surface area contributed by atoms with E-state index in [0.717, 1.165) is 23.3 Å².